The van der Waals surface area contributed by atoms with Gasteiger partial charge in [0.15, 0.2) is 5.76 Å². The van der Waals surface area contributed by atoms with Gasteiger partial charge in [-0.15, -0.1) is 11.3 Å². The van der Waals surface area contributed by atoms with Gasteiger partial charge < -0.3 is 24.9 Å². The predicted molar refractivity (Wildman–Crippen MR) is 115 cm³/mol. The van der Waals surface area contributed by atoms with E-state index in [0.29, 0.717) is 25.3 Å². The van der Waals surface area contributed by atoms with Crippen LogP contribution in [-0.2, 0) is 20.8 Å². The number of carbonyl (C=O) groups excluding carboxylic acids is 1. The Bertz CT molecular complexity index is 966. The standard InChI is InChI=1S/C22H25N3O4S/c26-9-3-4-10-28-21-13-15(19-8-5-11-30-19)12-18(29-21)22(27)23-14-20-24-16-6-1-2-7-17(16)25-20/h1-2,5-8,11-12,15,21,26H,3-4,9-10,13-14H2,(H,23,27)(H,24,25)/t15-,21+/m1/s1. The SMILES string of the molecule is O=C(NCc1nc2ccccc2[nH]1)C1=C[C@@H](c2cccs2)C[C@@H](OCCCCO)O1. The Labute approximate surface area is 178 Å². The Balaban J connectivity index is 1.41. The third-order valence-electron chi connectivity index (χ3n) is 4.90. The van der Waals surface area contributed by atoms with E-state index < -0.39 is 6.29 Å². The van der Waals surface area contributed by atoms with Gasteiger partial charge in [-0.1, -0.05) is 18.2 Å². The van der Waals surface area contributed by atoms with Gasteiger partial charge in [0.05, 0.1) is 24.2 Å². The lowest BCUT2D eigenvalue weighted by Crippen LogP contribution is -2.33. The molecule has 1 amide bonds. The summed E-state index contributed by atoms with van der Waals surface area (Å²) in [7, 11) is 0. The van der Waals surface area contributed by atoms with Crippen molar-refractivity contribution < 1.29 is 19.4 Å². The number of rotatable bonds is 9. The summed E-state index contributed by atoms with van der Waals surface area (Å²) >= 11 is 1.65. The van der Waals surface area contributed by atoms with Gasteiger partial charge in [0, 0.05) is 23.8 Å². The molecule has 0 radical (unpaired) electrons. The van der Waals surface area contributed by atoms with Gasteiger partial charge in [-0.2, -0.15) is 0 Å². The normalized spacial score (nSPS) is 18.8. The lowest BCUT2D eigenvalue weighted by atomic mass is 9.99. The minimum Gasteiger partial charge on any atom is -0.459 e. The summed E-state index contributed by atoms with van der Waals surface area (Å²) in [6, 6.07) is 11.8. The third kappa shape index (κ3) is 5.08. The summed E-state index contributed by atoms with van der Waals surface area (Å²) in [6.45, 7) is 0.901. The van der Waals surface area contributed by atoms with Crippen LogP contribution in [0.15, 0.2) is 53.6 Å². The van der Waals surface area contributed by atoms with E-state index in [4.69, 9.17) is 14.6 Å². The lowest BCUT2D eigenvalue weighted by molar-refractivity contribution is -0.146. The molecule has 0 saturated heterocycles. The first-order valence-electron chi connectivity index (χ1n) is 10.1. The molecule has 0 unspecified atom stereocenters. The van der Waals surface area contributed by atoms with E-state index in [0.717, 1.165) is 17.5 Å². The van der Waals surface area contributed by atoms with Crippen LogP contribution in [0.4, 0.5) is 0 Å². The van der Waals surface area contributed by atoms with Crippen molar-refractivity contribution >= 4 is 28.3 Å². The molecule has 4 rings (SSSR count). The minimum absolute atomic E-state index is 0.0635. The number of benzene rings is 1. The van der Waals surface area contributed by atoms with Crippen molar-refractivity contribution in [2.75, 3.05) is 13.2 Å². The molecule has 2 aromatic heterocycles. The fraction of sp³-hybridized carbons (Fsp3) is 0.364. The highest BCUT2D eigenvalue weighted by atomic mass is 32.1. The number of imidazole rings is 1. The summed E-state index contributed by atoms with van der Waals surface area (Å²) in [5.74, 6) is 0.727. The zero-order valence-electron chi connectivity index (χ0n) is 16.5. The van der Waals surface area contributed by atoms with Crippen LogP contribution in [0.3, 0.4) is 0 Å². The number of aromatic nitrogens is 2. The summed E-state index contributed by atoms with van der Waals surface area (Å²) < 4.78 is 11.7. The van der Waals surface area contributed by atoms with E-state index in [-0.39, 0.29) is 30.7 Å². The largest absolute Gasteiger partial charge is 0.459 e. The van der Waals surface area contributed by atoms with E-state index in [2.05, 4.69) is 21.4 Å². The quantitative estimate of drug-likeness (QED) is 0.455. The number of para-hydroxylation sites is 2. The van der Waals surface area contributed by atoms with Gasteiger partial charge in [0.1, 0.15) is 5.82 Å². The molecule has 0 bridgehead atoms. The number of carbonyl (C=O) groups is 1. The van der Waals surface area contributed by atoms with Crippen LogP contribution in [-0.4, -0.2) is 40.5 Å². The molecule has 1 aliphatic heterocycles. The van der Waals surface area contributed by atoms with Crippen LogP contribution in [0.1, 0.15) is 35.9 Å². The number of amides is 1. The van der Waals surface area contributed by atoms with Crippen LogP contribution < -0.4 is 5.32 Å². The Hall–Kier alpha value is -2.68. The smallest absolute Gasteiger partial charge is 0.286 e. The number of aliphatic hydroxyl groups is 1. The van der Waals surface area contributed by atoms with Gasteiger partial charge >= 0.3 is 0 Å². The first kappa shape index (κ1) is 20.6. The van der Waals surface area contributed by atoms with Gasteiger partial charge in [0.2, 0.25) is 6.29 Å². The van der Waals surface area contributed by atoms with E-state index in [1.165, 1.54) is 4.88 Å². The number of unbranched alkanes of at least 4 members (excludes halogenated alkanes) is 1. The number of allylic oxidation sites excluding steroid dienone is 1. The second kappa shape index (κ2) is 9.88. The Morgan fingerprint density at radius 3 is 3.00 bits per heavy atom. The van der Waals surface area contributed by atoms with Crippen molar-refractivity contribution in [2.45, 2.75) is 38.0 Å². The van der Waals surface area contributed by atoms with Crippen LogP contribution in [0.2, 0.25) is 0 Å². The number of hydrogen-bond acceptors (Lipinski definition) is 6. The number of aliphatic hydroxyl groups excluding tert-OH is 1. The van der Waals surface area contributed by atoms with Gasteiger partial charge in [0.25, 0.3) is 5.91 Å². The van der Waals surface area contributed by atoms with Gasteiger partial charge in [-0.3, -0.25) is 4.79 Å². The third-order valence-corrected chi connectivity index (χ3v) is 5.91. The number of fused-ring (bicyclic) bond motifs is 1. The lowest BCUT2D eigenvalue weighted by Gasteiger charge is -2.28. The molecule has 30 heavy (non-hydrogen) atoms. The van der Waals surface area contributed by atoms with Crippen molar-refractivity contribution in [1.82, 2.24) is 15.3 Å². The minimum atomic E-state index is -0.493. The second-order valence-corrected chi connectivity index (χ2v) is 8.10. The Morgan fingerprint density at radius 2 is 2.20 bits per heavy atom. The summed E-state index contributed by atoms with van der Waals surface area (Å²) in [4.78, 5) is 21.7. The fourth-order valence-electron chi connectivity index (χ4n) is 3.39. The van der Waals surface area contributed by atoms with Crippen molar-refractivity contribution in [3.8, 4) is 0 Å². The van der Waals surface area contributed by atoms with E-state index >= 15 is 0 Å². The second-order valence-electron chi connectivity index (χ2n) is 7.12. The van der Waals surface area contributed by atoms with E-state index in [9.17, 15) is 4.79 Å². The summed E-state index contributed by atoms with van der Waals surface area (Å²) in [5.41, 5.74) is 1.80. The zero-order chi connectivity index (χ0) is 20.8. The van der Waals surface area contributed by atoms with Crippen LogP contribution in [0, 0.1) is 0 Å². The maximum Gasteiger partial charge on any atom is 0.286 e. The molecule has 8 heteroatoms. The highest BCUT2D eigenvalue weighted by molar-refractivity contribution is 7.10. The summed E-state index contributed by atoms with van der Waals surface area (Å²) in [6.07, 6.45) is 3.46. The molecule has 0 aliphatic carbocycles. The summed E-state index contributed by atoms with van der Waals surface area (Å²) in [5, 5.41) is 13.8. The average Bonchev–Trinajstić information content (AvgIpc) is 3.44. The molecule has 2 atom stereocenters. The van der Waals surface area contributed by atoms with Crippen LogP contribution >= 0.6 is 11.3 Å². The molecular weight excluding hydrogens is 402 g/mol. The Kier molecular flexibility index (Phi) is 6.78. The maximum atomic E-state index is 12.8. The molecule has 3 aromatic rings. The topological polar surface area (TPSA) is 96.5 Å². The molecule has 0 spiro atoms. The zero-order valence-corrected chi connectivity index (χ0v) is 17.4. The van der Waals surface area contributed by atoms with Gasteiger partial charge in [-0.05, 0) is 42.5 Å². The maximum absolute atomic E-state index is 12.8. The molecule has 158 valence electrons. The molecule has 0 fully saturated rings. The number of thiophene rings is 1. The van der Waals surface area contributed by atoms with Crippen molar-refractivity contribution in [1.29, 1.82) is 0 Å². The van der Waals surface area contributed by atoms with Gasteiger partial charge in [-0.25, -0.2) is 4.98 Å². The first-order chi connectivity index (χ1) is 14.7. The number of H-pyrrole nitrogens is 1. The molecule has 0 saturated carbocycles. The molecule has 1 aromatic carbocycles. The number of ether oxygens (including phenoxy) is 2. The number of nitrogens with one attached hydrogen (secondary N) is 2. The monoisotopic (exact) mass is 427 g/mol. The number of nitrogens with zero attached hydrogens (tertiary/aromatic N) is 1. The molecule has 3 heterocycles. The molecule has 1 aliphatic rings. The number of hydrogen-bond donors (Lipinski definition) is 3. The molecule has 7 nitrogen and oxygen atoms in total. The van der Waals surface area contributed by atoms with Crippen LogP contribution in [0.25, 0.3) is 11.0 Å². The highest BCUT2D eigenvalue weighted by Crippen LogP contribution is 2.33. The average molecular weight is 428 g/mol. The van der Waals surface area contributed by atoms with Crippen molar-refractivity contribution in [2.24, 2.45) is 0 Å². The molecule has 3 N–H and O–H groups in total. The predicted octanol–water partition coefficient (Wildman–Crippen LogP) is 3.44. The van der Waals surface area contributed by atoms with Crippen LogP contribution in [0.5, 0.6) is 0 Å². The van der Waals surface area contributed by atoms with E-state index in [1.54, 1.807) is 11.3 Å². The molecular formula is C22H25N3O4S. The van der Waals surface area contributed by atoms with Crippen molar-refractivity contribution in [3.05, 3.63) is 64.3 Å². The fourth-order valence-corrected chi connectivity index (χ4v) is 4.20. The number of aromatic amines is 1. The highest BCUT2D eigenvalue weighted by Gasteiger charge is 2.29. The first-order valence-corrected chi connectivity index (χ1v) is 11.0. The van der Waals surface area contributed by atoms with Crippen molar-refractivity contribution in [3.63, 3.8) is 0 Å². The van der Waals surface area contributed by atoms with E-state index in [1.807, 2.05) is 41.8 Å². The Morgan fingerprint density at radius 1 is 1.30 bits per heavy atom.